The molecule has 21 heavy (non-hydrogen) atoms. The number of benzene rings is 1. The smallest absolute Gasteiger partial charge is 0.227 e. The highest BCUT2D eigenvalue weighted by atomic mass is 16.2. The lowest BCUT2D eigenvalue weighted by Gasteiger charge is -2.16. The van der Waals surface area contributed by atoms with Gasteiger partial charge in [0, 0.05) is 24.7 Å². The molecular weight excluding hydrogens is 264 g/mol. The molecule has 2 rings (SSSR count). The predicted molar refractivity (Wildman–Crippen MR) is 84.2 cm³/mol. The van der Waals surface area contributed by atoms with Crippen LogP contribution in [0.1, 0.15) is 45.1 Å². The lowest BCUT2D eigenvalue weighted by atomic mass is 10.1. The second-order valence-electron chi connectivity index (χ2n) is 5.75. The zero-order valence-corrected chi connectivity index (χ0v) is 12.9. The van der Waals surface area contributed by atoms with Crippen LogP contribution in [-0.2, 0) is 16.0 Å². The molecule has 1 fully saturated rings. The van der Waals surface area contributed by atoms with Crippen LogP contribution in [0.5, 0.6) is 0 Å². The van der Waals surface area contributed by atoms with E-state index in [4.69, 9.17) is 0 Å². The van der Waals surface area contributed by atoms with E-state index in [1.165, 1.54) is 0 Å². The highest BCUT2D eigenvalue weighted by Gasteiger charge is 2.21. The zero-order valence-electron chi connectivity index (χ0n) is 12.9. The summed E-state index contributed by atoms with van der Waals surface area (Å²) >= 11 is 0. The minimum absolute atomic E-state index is 0.0564. The molecule has 1 aromatic carbocycles. The zero-order chi connectivity index (χ0) is 15.2. The molecule has 0 aliphatic carbocycles. The van der Waals surface area contributed by atoms with Crippen LogP contribution >= 0.6 is 0 Å². The summed E-state index contributed by atoms with van der Waals surface area (Å²) in [7, 11) is 0. The van der Waals surface area contributed by atoms with Gasteiger partial charge in [0.2, 0.25) is 11.8 Å². The van der Waals surface area contributed by atoms with Gasteiger partial charge in [-0.05, 0) is 37.5 Å². The van der Waals surface area contributed by atoms with Crippen molar-refractivity contribution in [3.05, 3.63) is 29.8 Å². The van der Waals surface area contributed by atoms with Gasteiger partial charge in [0.25, 0.3) is 0 Å². The van der Waals surface area contributed by atoms with Crippen molar-refractivity contribution in [3.8, 4) is 0 Å². The van der Waals surface area contributed by atoms with Gasteiger partial charge >= 0.3 is 0 Å². The summed E-state index contributed by atoms with van der Waals surface area (Å²) in [6, 6.07) is 7.96. The third kappa shape index (κ3) is 4.31. The molecule has 1 aliphatic rings. The van der Waals surface area contributed by atoms with Crippen molar-refractivity contribution in [2.75, 3.05) is 11.4 Å². The summed E-state index contributed by atoms with van der Waals surface area (Å²) in [4.78, 5) is 25.4. The highest BCUT2D eigenvalue weighted by molar-refractivity contribution is 5.95. The second-order valence-corrected chi connectivity index (χ2v) is 5.75. The van der Waals surface area contributed by atoms with Crippen molar-refractivity contribution < 1.29 is 9.59 Å². The van der Waals surface area contributed by atoms with E-state index in [0.717, 1.165) is 37.1 Å². The molecule has 1 heterocycles. The van der Waals surface area contributed by atoms with Crippen LogP contribution in [0.2, 0.25) is 0 Å². The first kappa shape index (κ1) is 15.5. The molecule has 1 aliphatic heterocycles. The quantitative estimate of drug-likeness (QED) is 0.875. The van der Waals surface area contributed by atoms with Crippen molar-refractivity contribution in [3.63, 3.8) is 0 Å². The van der Waals surface area contributed by atoms with Gasteiger partial charge < -0.3 is 10.2 Å². The fraction of sp³-hybridized carbons (Fsp3) is 0.529. The molecule has 2 amide bonds. The highest BCUT2D eigenvalue weighted by Crippen LogP contribution is 2.21. The molecule has 0 aromatic heterocycles. The van der Waals surface area contributed by atoms with Crippen LogP contribution in [0.15, 0.2) is 24.3 Å². The Kier molecular flexibility index (Phi) is 5.37. The molecule has 0 unspecified atom stereocenters. The fourth-order valence-electron chi connectivity index (χ4n) is 2.73. The number of nitrogens with one attached hydrogen (secondary N) is 1. The first-order valence-corrected chi connectivity index (χ1v) is 7.79. The monoisotopic (exact) mass is 288 g/mol. The molecule has 4 nitrogen and oxygen atoms in total. The number of anilines is 1. The number of amides is 2. The van der Waals surface area contributed by atoms with E-state index in [0.29, 0.717) is 12.8 Å². The Morgan fingerprint density at radius 1 is 1.33 bits per heavy atom. The molecule has 0 radical (unpaired) electrons. The summed E-state index contributed by atoms with van der Waals surface area (Å²) in [5, 5.41) is 3.00. The Hall–Kier alpha value is -1.84. The Bertz CT molecular complexity index is 496. The van der Waals surface area contributed by atoms with Crippen molar-refractivity contribution in [2.24, 2.45) is 0 Å². The molecule has 0 spiro atoms. The lowest BCUT2D eigenvalue weighted by Crippen LogP contribution is -2.33. The van der Waals surface area contributed by atoms with Crippen LogP contribution in [-0.4, -0.2) is 24.4 Å². The van der Waals surface area contributed by atoms with Gasteiger partial charge in [-0.1, -0.05) is 25.5 Å². The Morgan fingerprint density at radius 3 is 2.62 bits per heavy atom. The standard InChI is InChI=1S/C17H24N2O2/c1-3-5-13(2)18-16(20)12-14-7-9-15(10-8-14)19-11-4-6-17(19)21/h7-10,13H,3-6,11-12H2,1-2H3,(H,18,20)/t13-/m0/s1. The minimum Gasteiger partial charge on any atom is -0.353 e. The molecule has 1 aromatic rings. The fourth-order valence-corrected chi connectivity index (χ4v) is 2.73. The van der Waals surface area contributed by atoms with Crippen molar-refractivity contribution >= 4 is 17.5 Å². The van der Waals surface area contributed by atoms with Gasteiger partial charge in [-0.15, -0.1) is 0 Å². The minimum atomic E-state index is 0.0564. The number of hydrogen-bond acceptors (Lipinski definition) is 2. The van der Waals surface area contributed by atoms with Crippen LogP contribution < -0.4 is 10.2 Å². The van der Waals surface area contributed by atoms with Gasteiger partial charge in [0.15, 0.2) is 0 Å². The molecule has 1 N–H and O–H groups in total. The molecule has 114 valence electrons. The van der Waals surface area contributed by atoms with Crippen LogP contribution in [0.4, 0.5) is 5.69 Å². The Morgan fingerprint density at radius 2 is 2.05 bits per heavy atom. The average molecular weight is 288 g/mol. The number of carbonyl (C=O) groups is 2. The first-order valence-electron chi connectivity index (χ1n) is 7.79. The van der Waals surface area contributed by atoms with E-state index in [1.807, 2.05) is 36.1 Å². The number of hydrogen-bond donors (Lipinski definition) is 1. The Balaban J connectivity index is 1.90. The molecule has 0 saturated carbocycles. The first-order chi connectivity index (χ1) is 10.1. The van der Waals surface area contributed by atoms with E-state index in [1.54, 1.807) is 0 Å². The maximum Gasteiger partial charge on any atom is 0.227 e. The second kappa shape index (κ2) is 7.25. The summed E-state index contributed by atoms with van der Waals surface area (Å²) < 4.78 is 0. The van der Waals surface area contributed by atoms with Crippen LogP contribution in [0.25, 0.3) is 0 Å². The van der Waals surface area contributed by atoms with E-state index in [-0.39, 0.29) is 17.9 Å². The largest absolute Gasteiger partial charge is 0.353 e. The van der Waals surface area contributed by atoms with Crippen LogP contribution in [0.3, 0.4) is 0 Å². The van der Waals surface area contributed by atoms with E-state index >= 15 is 0 Å². The molecule has 0 bridgehead atoms. The molecular formula is C17H24N2O2. The SMILES string of the molecule is CCC[C@H](C)NC(=O)Cc1ccc(N2CCCC2=O)cc1. The van der Waals surface area contributed by atoms with Gasteiger partial charge in [-0.2, -0.15) is 0 Å². The summed E-state index contributed by atoms with van der Waals surface area (Å²) in [6.07, 6.45) is 4.03. The number of nitrogens with zero attached hydrogens (tertiary/aromatic N) is 1. The maximum absolute atomic E-state index is 11.9. The van der Waals surface area contributed by atoms with Crippen molar-refractivity contribution in [2.45, 2.75) is 52.0 Å². The Labute approximate surface area is 126 Å². The van der Waals surface area contributed by atoms with Gasteiger partial charge in [-0.25, -0.2) is 0 Å². The van der Waals surface area contributed by atoms with Crippen molar-refractivity contribution in [1.82, 2.24) is 5.32 Å². The van der Waals surface area contributed by atoms with Crippen LogP contribution in [0, 0.1) is 0 Å². The molecule has 1 saturated heterocycles. The summed E-state index contributed by atoms with van der Waals surface area (Å²) in [5.74, 6) is 0.245. The number of carbonyl (C=O) groups excluding carboxylic acids is 2. The van der Waals surface area contributed by atoms with Gasteiger partial charge in [0.05, 0.1) is 6.42 Å². The third-order valence-corrected chi connectivity index (χ3v) is 3.82. The lowest BCUT2D eigenvalue weighted by molar-refractivity contribution is -0.121. The number of rotatable bonds is 6. The van der Waals surface area contributed by atoms with E-state index < -0.39 is 0 Å². The topological polar surface area (TPSA) is 49.4 Å². The molecule has 1 atom stereocenters. The molecule has 4 heteroatoms. The maximum atomic E-state index is 11.9. The predicted octanol–water partition coefficient (Wildman–Crippen LogP) is 2.66. The van der Waals surface area contributed by atoms with E-state index in [2.05, 4.69) is 12.2 Å². The summed E-state index contributed by atoms with van der Waals surface area (Å²) in [5.41, 5.74) is 1.91. The summed E-state index contributed by atoms with van der Waals surface area (Å²) in [6.45, 7) is 4.94. The van der Waals surface area contributed by atoms with Gasteiger partial charge in [-0.3, -0.25) is 9.59 Å². The average Bonchev–Trinajstić information content (AvgIpc) is 2.86. The third-order valence-electron chi connectivity index (χ3n) is 3.82. The normalized spacial score (nSPS) is 16.1. The van der Waals surface area contributed by atoms with E-state index in [9.17, 15) is 9.59 Å². The van der Waals surface area contributed by atoms with Gasteiger partial charge in [0.1, 0.15) is 0 Å². The van der Waals surface area contributed by atoms with Crippen molar-refractivity contribution in [1.29, 1.82) is 0 Å².